The lowest BCUT2D eigenvalue weighted by molar-refractivity contribution is 0.564. The molecule has 88 valence electrons. The summed E-state index contributed by atoms with van der Waals surface area (Å²) < 4.78 is 19.5. The highest BCUT2D eigenvalue weighted by atomic mass is 32.2. The average Bonchev–Trinajstić information content (AvgIpc) is 2.39. The Labute approximate surface area is 106 Å². The largest absolute Gasteiger partial charge is 0.345 e. The minimum atomic E-state index is -2.07. The number of rotatable bonds is 3. The Balaban J connectivity index is 3.03. The van der Waals surface area contributed by atoms with E-state index in [2.05, 4.69) is 5.32 Å². The molecule has 0 spiro atoms. The lowest BCUT2D eigenvalue weighted by Gasteiger charge is -2.04. The standard InChI is InChI=1S/C11H6N4O2S/c12-5-8(6-13)11(7-14)15-9-1-3-10(4-2-9)18(16)17/h1-4,15H,(H,16,17). The molecule has 0 aliphatic rings. The Morgan fingerprint density at radius 3 is 2.06 bits per heavy atom. The Morgan fingerprint density at radius 1 is 1.11 bits per heavy atom. The minimum absolute atomic E-state index is 0.169. The second-order valence-electron chi connectivity index (χ2n) is 2.98. The maximum atomic E-state index is 10.7. The average molecular weight is 258 g/mol. The summed E-state index contributed by atoms with van der Waals surface area (Å²) in [6.07, 6.45) is 0. The molecule has 0 aliphatic heterocycles. The molecule has 0 amide bonds. The summed E-state index contributed by atoms with van der Waals surface area (Å²) in [4.78, 5) is 0.212. The van der Waals surface area contributed by atoms with Crippen molar-refractivity contribution < 1.29 is 8.76 Å². The summed E-state index contributed by atoms with van der Waals surface area (Å²) in [5.41, 5.74) is -0.0612. The van der Waals surface area contributed by atoms with Gasteiger partial charge in [0.2, 0.25) is 0 Å². The van der Waals surface area contributed by atoms with Gasteiger partial charge in [0, 0.05) is 5.69 Å². The molecule has 18 heavy (non-hydrogen) atoms. The molecule has 1 unspecified atom stereocenters. The highest BCUT2D eigenvalue weighted by molar-refractivity contribution is 7.79. The van der Waals surface area contributed by atoms with Crippen LogP contribution in [0.2, 0.25) is 0 Å². The van der Waals surface area contributed by atoms with Gasteiger partial charge >= 0.3 is 0 Å². The van der Waals surface area contributed by atoms with Crippen LogP contribution < -0.4 is 5.32 Å². The van der Waals surface area contributed by atoms with Gasteiger partial charge in [0.1, 0.15) is 23.9 Å². The van der Waals surface area contributed by atoms with E-state index in [4.69, 9.17) is 20.3 Å². The molecule has 1 atom stereocenters. The lowest BCUT2D eigenvalue weighted by Crippen LogP contribution is -2.00. The van der Waals surface area contributed by atoms with Crippen molar-refractivity contribution in [1.29, 1.82) is 15.8 Å². The lowest BCUT2D eigenvalue weighted by atomic mass is 10.2. The van der Waals surface area contributed by atoms with Crippen LogP contribution in [0.1, 0.15) is 0 Å². The number of nitriles is 3. The van der Waals surface area contributed by atoms with Gasteiger partial charge in [-0.2, -0.15) is 15.8 Å². The van der Waals surface area contributed by atoms with E-state index in [0.717, 1.165) is 0 Å². The molecule has 0 saturated heterocycles. The van der Waals surface area contributed by atoms with Crippen molar-refractivity contribution in [3.63, 3.8) is 0 Å². The molecule has 0 fully saturated rings. The van der Waals surface area contributed by atoms with Crippen LogP contribution in [0.5, 0.6) is 0 Å². The number of hydrogen-bond donors (Lipinski definition) is 2. The van der Waals surface area contributed by atoms with Crippen LogP contribution in [0.25, 0.3) is 0 Å². The third kappa shape index (κ3) is 3.16. The zero-order valence-corrected chi connectivity index (χ0v) is 9.73. The second-order valence-corrected chi connectivity index (χ2v) is 3.95. The summed E-state index contributed by atoms with van der Waals surface area (Å²) in [5.74, 6) is 0. The summed E-state index contributed by atoms with van der Waals surface area (Å²) >= 11 is -2.07. The van der Waals surface area contributed by atoms with E-state index < -0.39 is 11.1 Å². The fourth-order valence-electron chi connectivity index (χ4n) is 1.08. The van der Waals surface area contributed by atoms with Crippen LogP contribution in [-0.4, -0.2) is 8.76 Å². The van der Waals surface area contributed by atoms with Gasteiger partial charge in [-0.1, -0.05) is 0 Å². The molecule has 2 N–H and O–H groups in total. The summed E-state index contributed by atoms with van der Waals surface area (Å²) in [6, 6.07) is 10.6. The zero-order chi connectivity index (χ0) is 13.5. The Kier molecular flexibility index (Phi) is 4.59. The van der Waals surface area contributed by atoms with Crippen molar-refractivity contribution in [3.05, 3.63) is 35.5 Å². The van der Waals surface area contributed by atoms with Gasteiger partial charge in [-0.25, -0.2) is 4.21 Å². The molecular formula is C11H6N4O2S. The normalized spacial score (nSPS) is 10.3. The van der Waals surface area contributed by atoms with Crippen molar-refractivity contribution in [1.82, 2.24) is 0 Å². The Morgan fingerprint density at radius 2 is 1.67 bits per heavy atom. The Bertz CT molecular complexity index is 613. The van der Waals surface area contributed by atoms with Crippen molar-refractivity contribution in [3.8, 4) is 18.2 Å². The topological polar surface area (TPSA) is 121 Å². The highest BCUT2D eigenvalue weighted by Gasteiger charge is 2.06. The number of anilines is 1. The van der Waals surface area contributed by atoms with E-state index in [1.807, 2.05) is 0 Å². The van der Waals surface area contributed by atoms with Crippen LogP contribution >= 0.6 is 0 Å². The highest BCUT2D eigenvalue weighted by Crippen LogP contribution is 2.14. The van der Waals surface area contributed by atoms with Crippen LogP contribution in [0.3, 0.4) is 0 Å². The first-order chi connectivity index (χ1) is 8.62. The molecule has 7 heteroatoms. The molecule has 0 aromatic heterocycles. The molecule has 0 radical (unpaired) electrons. The van der Waals surface area contributed by atoms with E-state index in [-0.39, 0.29) is 16.2 Å². The maximum absolute atomic E-state index is 10.7. The van der Waals surface area contributed by atoms with Gasteiger partial charge in [-0.3, -0.25) is 0 Å². The second kappa shape index (κ2) is 6.17. The number of nitrogens with one attached hydrogen (secondary N) is 1. The molecular weight excluding hydrogens is 252 g/mol. The smallest absolute Gasteiger partial charge is 0.186 e. The van der Waals surface area contributed by atoms with Gasteiger partial charge in [0.15, 0.2) is 16.7 Å². The third-order valence-electron chi connectivity index (χ3n) is 1.91. The van der Waals surface area contributed by atoms with Crippen molar-refractivity contribution in [2.75, 3.05) is 5.32 Å². The maximum Gasteiger partial charge on any atom is 0.186 e. The van der Waals surface area contributed by atoms with Crippen molar-refractivity contribution in [2.45, 2.75) is 4.90 Å². The first kappa shape index (κ1) is 13.4. The fourth-order valence-corrected chi connectivity index (χ4v) is 1.45. The SMILES string of the molecule is N#CC(C#N)=C(C#N)Nc1ccc(S(=O)O)cc1. The number of nitrogens with zero attached hydrogens (tertiary/aromatic N) is 3. The van der Waals surface area contributed by atoms with Crippen LogP contribution in [0.15, 0.2) is 40.4 Å². The molecule has 6 nitrogen and oxygen atoms in total. The number of benzene rings is 1. The van der Waals surface area contributed by atoms with E-state index >= 15 is 0 Å². The van der Waals surface area contributed by atoms with Gasteiger partial charge < -0.3 is 9.87 Å². The van der Waals surface area contributed by atoms with E-state index in [1.165, 1.54) is 24.3 Å². The quantitative estimate of drug-likeness (QED) is 0.626. The molecule has 0 heterocycles. The third-order valence-corrected chi connectivity index (χ3v) is 2.59. The van der Waals surface area contributed by atoms with Gasteiger partial charge in [-0.05, 0) is 24.3 Å². The van der Waals surface area contributed by atoms with Crippen molar-refractivity contribution in [2.24, 2.45) is 0 Å². The molecule has 0 saturated carbocycles. The van der Waals surface area contributed by atoms with E-state index in [9.17, 15) is 4.21 Å². The predicted molar refractivity (Wildman–Crippen MR) is 63.0 cm³/mol. The first-order valence-corrected chi connectivity index (χ1v) is 5.65. The molecule has 1 rings (SSSR count). The molecule has 1 aromatic rings. The van der Waals surface area contributed by atoms with Gasteiger partial charge in [0.25, 0.3) is 0 Å². The van der Waals surface area contributed by atoms with Crippen molar-refractivity contribution >= 4 is 16.8 Å². The number of hydrogen-bond acceptors (Lipinski definition) is 5. The number of allylic oxidation sites excluding steroid dienone is 2. The van der Waals surface area contributed by atoms with Crippen LogP contribution in [-0.2, 0) is 11.1 Å². The van der Waals surface area contributed by atoms with Crippen LogP contribution in [0.4, 0.5) is 5.69 Å². The summed E-state index contributed by atoms with van der Waals surface area (Å²) in [6.45, 7) is 0. The Hall–Kier alpha value is -2.66. The first-order valence-electron chi connectivity index (χ1n) is 4.55. The minimum Gasteiger partial charge on any atom is -0.345 e. The van der Waals surface area contributed by atoms with Gasteiger partial charge in [0.05, 0.1) is 4.90 Å². The predicted octanol–water partition coefficient (Wildman–Crippen LogP) is 1.50. The van der Waals surface area contributed by atoms with E-state index in [0.29, 0.717) is 5.69 Å². The molecule has 0 bridgehead atoms. The molecule has 0 aliphatic carbocycles. The summed E-state index contributed by atoms with van der Waals surface area (Å²) in [7, 11) is 0. The zero-order valence-electron chi connectivity index (χ0n) is 8.91. The molecule has 1 aromatic carbocycles. The fraction of sp³-hybridized carbons (Fsp3) is 0. The van der Waals surface area contributed by atoms with Gasteiger partial charge in [-0.15, -0.1) is 0 Å². The van der Waals surface area contributed by atoms with Crippen LogP contribution in [0, 0.1) is 34.0 Å². The van der Waals surface area contributed by atoms with E-state index in [1.54, 1.807) is 18.2 Å². The summed E-state index contributed by atoms with van der Waals surface area (Å²) in [5, 5.41) is 28.6. The monoisotopic (exact) mass is 258 g/mol.